The molecule has 0 saturated carbocycles. The second-order valence-corrected chi connectivity index (χ2v) is 8.29. The topological polar surface area (TPSA) is 79.3 Å². The summed E-state index contributed by atoms with van der Waals surface area (Å²) in [6.45, 7) is 4.73. The third kappa shape index (κ3) is 4.41. The molecule has 0 unspecified atom stereocenters. The Morgan fingerprint density at radius 2 is 1.84 bits per heavy atom. The minimum atomic E-state index is -0.322. The summed E-state index contributed by atoms with van der Waals surface area (Å²) in [7, 11) is 0. The molecule has 1 saturated heterocycles. The first-order chi connectivity index (χ1) is 15.4. The van der Waals surface area contributed by atoms with Crippen LogP contribution in [0.2, 0.25) is 10.0 Å². The summed E-state index contributed by atoms with van der Waals surface area (Å²) >= 11 is 12.5. The summed E-state index contributed by atoms with van der Waals surface area (Å²) in [5, 5.41) is 11.3. The molecule has 0 aromatic heterocycles. The van der Waals surface area contributed by atoms with Gasteiger partial charge in [0.05, 0.1) is 17.7 Å². The van der Waals surface area contributed by atoms with E-state index in [-0.39, 0.29) is 23.4 Å². The molecule has 2 aliphatic heterocycles. The van der Waals surface area contributed by atoms with Crippen molar-refractivity contribution in [3.8, 4) is 11.5 Å². The van der Waals surface area contributed by atoms with E-state index in [0.29, 0.717) is 71.8 Å². The highest BCUT2D eigenvalue weighted by molar-refractivity contribution is 6.37. The van der Waals surface area contributed by atoms with Crippen LogP contribution in [-0.2, 0) is 11.3 Å². The molecular formula is C23H22Cl2N2O5. The van der Waals surface area contributed by atoms with E-state index in [4.69, 9.17) is 32.7 Å². The first-order valence-corrected chi connectivity index (χ1v) is 11.0. The number of amides is 1. The fourth-order valence-electron chi connectivity index (χ4n) is 3.76. The lowest BCUT2D eigenvalue weighted by Gasteiger charge is -2.34. The summed E-state index contributed by atoms with van der Waals surface area (Å²) in [5.41, 5.74) is 1.39. The highest BCUT2D eigenvalue weighted by atomic mass is 35.5. The third-order valence-electron chi connectivity index (χ3n) is 5.47. The van der Waals surface area contributed by atoms with Gasteiger partial charge >= 0.3 is 6.09 Å². The van der Waals surface area contributed by atoms with Crippen molar-refractivity contribution in [2.24, 2.45) is 0 Å². The van der Waals surface area contributed by atoms with E-state index < -0.39 is 0 Å². The van der Waals surface area contributed by atoms with Crippen LogP contribution in [0.4, 0.5) is 4.79 Å². The molecule has 0 spiro atoms. The molecule has 2 heterocycles. The lowest BCUT2D eigenvalue weighted by molar-refractivity contribution is 0.0774. The Hall–Kier alpha value is -2.74. The maximum Gasteiger partial charge on any atom is 0.409 e. The minimum absolute atomic E-state index is 0.0430. The summed E-state index contributed by atoms with van der Waals surface area (Å²) in [5.74, 6) is 0.164. The molecule has 1 N–H and O–H groups in total. The molecule has 2 aromatic carbocycles. The number of phenolic OH excluding ortho intramolecular Hbond substituents is 1. The third-order valence-corrected chi connectivity index (χ3v) is 6.13. The molecule has 32 heavy (non-hydrogen) atoms. The van der Waals surface area contributed by atoms with E-state index in [9.17, 15) is 14.7 Å². The van der Waals surface area contributed by atoms with Gasteiger partial charge in [-0.15, -0.1) is 0 Å². The van der Waals surface area contributed by atoms with Crippen molar-refractivity contribution in [2.45, 2.75) is 13.5 Å². The molecule has 9 heteroatoms. The number of aromatic hydroxyl groups is 1. The molecule has 7 nitrogen and oxygen atoms in total. The number of nitrogens with zero attached hydrogens (tertiary/aromatic N) is 2. The fraction of sp³-hybridized carbons (Fsp3) is 0.304. The number of benzene rings is 2. The lowest BCUT2D eigenvalue weighted by atomic mass is 10.0. The van der Waals surface area contributed by atoms with Crippen LogP contribution in [0.1, 0.15) is 28.4 Å². The van der Waals surface area contributed by atoms with Crippen molar-refractivity contribution in [1.29, 1.82) is 0 Å². The van der Waals surface area contributed by atoms with Crippen LogP contribution in [0.15, 0.2) is 36.1 Å². The molecule has 1 amide bonds. The molecule has 0 bridgehead atoms. The molecular weight excluding hydrogens is 455 g/mol. The van der Waals surface area contributed by atoms with Crippen molar-refractivity contribution in [3.63, 3.8) is 0 Å². The number of halogens is 2. The lowest BCUT2D eigenvalue weighted by Crippen LogP contribution is -2.48. The van der Waals surface area contributed by atoms with Gasteiger partial charge in [-0.1, -0.05) is 29.3 Å². The Morgan fingerprint density at radius 1 is 1.16 bits per heavy atom. The normalized spacial score (nSPS) is 17.4. The van der Waals surface area contributed by atoms with E-state index in [1.54, 1.807) is 36.1 Å². The van der Waals surface area contributed by atoms with Gasteiger partial charge < -0.3 is 19.5 Å². The van der Waals surface area contributed by atoms with Gasteiger partial charge in [0.2, 0.25) is 5.78 Å². The van der Waals surface area contributed by atoms with Crippen molar-refractivity contribution >= 4 is 41.2 Å². The van der Waals surface area contributed by atoms with Gasteiger partial charge in [0.25, 0.3) is 0 Å². The molecule has 2 aromatic rings. The number of piperazine rings is 1. The van der Waals surface area contributed by atoms with Gasteiger partial charge in [-0.25, -0.2) is 4.79 Å². The zero-order valence-electron chi connectivity index (χ0n) is 17.4. The van der Waals surface area contributed by atoms with Crippen LogP contribution in [0.3, 0.4) is 0 Å². The molecule has 0 aliphatic carbocycles. The fourth-order valence-corrected chi connectivity index (χ4v) is 4.26. The standard InChI is InChI=1S/C23H22Cl2N2O5/c1-2-31-23(30)27-10-8-26(9-11-27)13-16-19(28)7-6-14-21(29)20(32-22(14)16)12-15-17(24)4-3-5-18(15)25/h3-7,12,28H,2,8-11,13H2,1H3/b20-12+. The van der Waals surface area contributed by atoms with Crippen molar-refractivity contribution < 1.29 is 24.2 Å². The number of rotatable bonds is 4. The Balaban J connectivity index is 1.54. The van der Waals surface area contributed by atoms with Gasteiger partial charge in [0.15, 0.2) is 5.76 Å². The maximum atomic E-state index is 12.9. The number of fused-ring (bicyclic) bond motifs is 1. The Morgan fingerprint density at radius 3 is 2.50 bits per heavy atom. The van der Waals surface area contributed by atoms with E-state index in [0.717, 1.165) is 0 Å². The molecule has 4 rings (SSSR count). The first kappa shape index (κ1) is 22.5. The number of ether oxygens (including phenoxy) is 2. The summed E-state index contributed by atoms with van der Waals surface area (Å²) in [6.07, 6.45) is 1.20. The number of carbonyl (C=O) groups excluding carboxylic acids is 2. The number of carbonyl (C=O) groups is 2. The van der Waals surface area contributed by atoms with E-state index in [2.05, 4.69) is 4.90 Å². The Kier molecular flexibility index (Phi) is 6.60. The van der Waals surface area contributed by atoms with E-state index in [1.807, 2.05) is 0 Å². The molecule has 168 valence electrons. The summed E-state index contributed by atoms with van der Waals surface area (Å²) in [4.78, 5) is 28.6. The van der Waals surface area contributed by atoms with Crippen LogP contribution in [0.25, 0.3) is 6.08 Å². The van der Waals surface area contributed by atoms with Crippen LogP contribution in [-0.4, -0.2) is 59.6 Å². The van der Waals surface area contributed by atoms with Crippen LogP contribution < -0.4 is 4.74 Å². The van der Waals surface area contributed by atoms with Gasteiger partial charge in [-0.2, -0.15) is 0 Å². The molecule has 0 atom stereocenters. The smallest absolute Gasteiger partial charge is 0.409 e. The van der Waals surface area contributed by atoms with Crippen LogP contribution >= 0.6 is 23.2 Å². The van der Waals surface area contributed by atoms with Crippen molar-refractivity contribution in [1.82, 2.24) is 9.80 Å². The number of allylic oxidation sites excluding steroid dienone is 1. The molecule has 2 aliphatic rings. The van der Waals surface area contributed by atoms with Crippen LogP contribution in [0, 0.1) is 0 Å². The number of phenols is 1. The van der Waals surface area contributed by atoms with E-state index >= 15 is 0 Å². The zero-order chi connectivity index (χ0) is 22.8. The SMILES string of the molecule is CCOC(=O)N1CCN(Cc2c(O)ccc3c2O/C(=C/c2c(Cl)cccc2Cl)C3=O)CC1. The second kappa shape index (κ2) is 9.40. The summed E-state index contributed by atoms with van der Waals surface area (Å²) < 4.78 is 11.0. The van der Waals surface area contributed by atoms with Gasteiger partial charge in [0.1, 0.15) is 11.5 Å². The monoisotopic (exact) mass is 476 g/mol. The second-order valence-electron chi connectivity index (χ2n) is 7.48. The minimum Gasteiger partial charge on any atom is -0.507 e. The predicted molar refractivity (Wildman–Crippen MR) is 121 cm³/mol. The predicted octanol–water partition coefficient (Wildman–Crippen LogP) is 4.59. The quantitative estimate of drug-likeness (QED) is 0.650. The zero-order valence-corrected chi connectivity index (χ0v) is 18.9. The van der Waals surface area contributed by atoms with Gasteiger partial charge in [-0.3, -0.25) is 9.69 Å². The number of hydrogen-bond acceptors (Lipinski definition) is 6. The Bertz CT molecular complexity index is 1070. The van der Waals surface area contributed by atoms with Crippen LogP contribution in [0.5, 0.6) is 11.5 Å². The van der Waals surface area contributed by atoms with Gasteiger partial charge in [-0.05, 0) is 37.3 Å². The number of Topliss-reactive ketones (excluding diaryl/α,β-unsaturated/α-hetero) is 1. The van der Waals surface area contributed by atoms with E-state index in [1.165, 1.54) is 12.1 Å². The molecule has 0 radical (unpaired) electrons. The first-order valence-electron chi connectivity index (χ1n) is 10.3. The number of ketones is 1. The summed E-state index contributed by atoms with van der Waals surface area (Å²) in [6, 6.07) is 8.12. The largest absolute Gasteiger partial charge is 0.507 e. The highest BCUT2D eigenvalue weighted by Crippen LogP contribution is 2.41. The van der Waals surface area contributed by atoms with Gasteiger partial charge in [0, 0.05) is 48.3 Å². The van der Waals surface area contributed by atoms with Crippen molar-refractivity contribution in [3.05, 3.63) is 62.8 Å². The highest BCUT2D eigenvalue weighted by Gasteiger charge is 2.32. The van der Waals surface area contributed by atoms with Crippen molar-refractivity contribution in [2.75, 3.05) is 32.8 Å². The average molecular weight is 477 g/mol. The Labute approximate surface area is 195 Å². The molecule has 1 fully saturated rings. The average Bonchev–Trinajstić information content (AvgIpc) is 3.09. The maximum absolute atomic E-state index is 12.9. The number of hydrogen-bond donors (Lipinski definition) is 1.